The van der Waals surface area contributed by atoms with Gasteiger partial charge in [0.15, 0.2) is 0 Å². The van der Waals surface area contributed by atoms with Gasteiger partial charge in [-0.15, -0.1) is 0 Å². The van der Waals surface area contributed by atoms with Gasteiger partial charge in [-0.05, 0) is 68.9 Å². The number of hydrogen-bond acceptors (Lipinski definition) is 2. The predicted octanol–water partition coefficient (Wildman–Crippen LogP) is 5.12. The van der Waals surface area contributed by atoms with Crippen molar-refractivity contribution in [2.45, 2.75) is 51.9 Å². The van der Waals surface area contributed by atoms with E-state index in [2.05, 4.69) is 47.2 Å². The fraction of sp³-hybridized carbons (Fsp3) is 0.632. The minimum Gasteiger partial charge on any atom is -0.330 e. The van der Waals surface area contributed by atoms with Gasteiger partial charge in [-0.3, -0.25) is 4.99 Å². The zero-order valence-electron chi connectivity index (χ0n) is 13.5. The highest BCUT2D eigenvalue weighted by Gasteiger charge is 2.31. The number of hydrogen-bond donors (Lipinski definition) is 1. The van der Waals surface area contributed by atoms with E-state index < -0.39 is 0 Å². The van der Waals surface area contributed by atoms with Crippen LogP contribution in [-0.2, 0) is 0 Å². The number of nitrogens with two attached hydrogens (primary N) is 1. The first-order valence-corrected chi connectivity index (χ1v) is 9.40. The second kappa shape index (κ2) is 6.84. The van der Waals surface area contributed by atoms with E-state index in [0.717, 1.165) is 23.9 Å². The van der Waals surface area contributed by atoms with Gasteiger partial charge in [-0.2, -0.15) is 0 Å². The molecule has 2 bridgehead atoms. The number of halogens is 1. The van der Waals surface area contributed by atoms with Gasteiger partial charge in [0.2, 0.25) is 0 Å². The number of rotatable bonds is 2. The fourth-order valence-electron chi connectivity index (χ4n) is 3.84. The Bertz CT molecular complexity index is 534. The Morgan fingerprint density at radius 1 is 1.32 bits per heavy atom. The summed E-state index contributed by atoms with van der Waals surface area (Å²) in [5, 5.41) is 0. The van der Waals surface area contributed by atoms with Gasteiger partial charge < -0.3 is 5.73 Å². The van der Waals surface area contributed by atoms with E-state index in [4.69, 9.17) is 10.7 Å². The number of aliphatic imine (C=N–C) groups is 1. The quantitative estimate of drug-likeness (QED) is 0.727. The van der Waals surface area contributed by atoms with Gasteiger partial charge in [-0.1, -0.05) is 41.1 Å². The van der Waals surface area contributed by atoms with Crippen LogP contribution in [-0.4, -0.2) is 12.3 Å². The van der Waals surface area contributed by atoms with Crippen LogP contribution < -0.4 is 5.73 Å². The average Bonchev–Trinajstić information content (AvgIpc) is 2.68. The zero-order chi connectivity index (χ0) is 15.6. The van der Waals surface area contributed by atoms with Gasteiger partial charge in [0.05, 0.1) is 0 Å². The molecule has 0 amide bonds. The lowest BCUT2D eigenvalue weighted by atomic mass is 9.71. The summed E-state index contributed by atoms with van der Waals surface area (Å²) in [5.74, 6) is 1.27. The summed E-state index contributed by atoms with van der Waals surface area (Å²) in [4.78, 5) is 5.06. The topological polar surface area (TPSA) is 38.4 Å². The van der Waals surface area contributed by atoms with Crippen molar-refractivity contribution >= 4 is 21.6 Å². The number of allylic oxidation sites excluding steroid dienone is 6. The summed E-state index contributed by atoms with van der Waals surface area (Å²) in [6.07, 6.45) is 17.5. The normalized spacial score (nSPS) is 40.4. The van der Waals surface area contributed by atoms with Crippen molar-refractivity contribution in [3.8, 4) is 0 Å². The maximum absolute atomic E-state index is 5.94. The molecule has 120 valence electrons. The van der Waals surface area contributed by atoms with Crippen molar-refractivity contribution in [3.05, 3.63) is 34.5 Å². The lowest BCUT2D eigenvalue weighted by Gasteiger charge is -2.37. The fourth-order valence-corrected chi connectivity index (χ4v) is 4.25. The van der Waals surface area contributed by atoms with Crippen molar-refractivity contribution in [2.24, 2.45) is 28.0 Å². The molecular weight excluding hydrogens is 336 g/mol. The Kier molecular flexibility index (Phi) is 5.03. The summed E-state index contributed by atoms with van der Waals surface area (Å²) in [6, 6.07) is 0. The molecule has 0 radical (unpaired) electrons. The highest BCUT2D eigenvalue weighted by Crippen LogP contribution is 2.41. The van der Waals surface area contributed by atoms with Crippen LogP contribution >= 0.6 is 15.9 Å². The van der Waals surface area contributed by atoms with Crippen LogP contribution in [0.25, 0.3) is 0 Å². The molecule has 0 spiro atoms. The second-order valence-electron chi connectivity index (χ2n) is 7.45. The Morgan fingerprint density at radius 3 is 2.82 bits per heavy atom. The molecule has 3 aliphatic rings. The first-order valence-electron chi connectivity index (χ1n) is 8.61. The SMILES string of the molecule is CC1(CN)CCC(C2=C\CCC3C=CC(Br)=C\C(=N\2)C3)CC1. The van der Waals surface area contributed by atoms with Crippen LogP contribution in [0.5, 0.6) is 0 Å². The molecule has 0 saturated heterocycles. The van der Waals surface area contributed by atoms with Crippen LogP contribution in [0.15, 0.2) is 39.5 Å². The molecule has 1 unspecified atom stereocenters. The molecule has 0 aromatic rings. The molecule has 1 fully saturated rings. The molecule has 2 nitrogen and oxygen atoms in total. The predicted molar refractivity (Wildman–Crippen MR) is 98.1 cm³/mol. The van der Waals surface area contributed by atoms with Gasteiger partial charge >= 0.3 is 0 Å². The molecule has 22 heavy (non-hydrogen) atoms. The summed E-state index contributed by atoms with van der Waals surface area (Å²) in [7, 11) is 0. The summed E-state index contributed by atoms with van der Waals surface area (Å²) < 4.78 is 1.15. The molecule has 0 aromatic carbocycles. The van der Waals surface area contributed by atoms with E-state index in [0.29, 0.717) is 17.3 Å². The molecule has 3 heteroatoms. The molecular formula is C19H27BrN2. The third-order valence-electron chi connectivity index (χ3n) is 5.57. The van der Waals surface area contributed by atoms with Gasteiger partial charge in [-0.25, -0.2) is 0 Å². The Balaban J connectivity index is 1.77. The standard InChI is InChI=1S/C19H27BrN2/c1-19(13-21)9-7-15(8-10-19)18-4-2-3-14-5-6-16(20)12-17(11-14)22-18/h4-6,12,14-15H,2-3,7-11,13,21H2,1H3/b18-4+,22-17+. The van der Waals surface area contributed by atoms with Crippen LogP contribution in [0.4, 0.5) is 0 Å². The molecule has 1 heterocycles. The maximum atomic E-state index is 5.94. The summed E-state index contributed by atoms with van der Waals surface area (Å²) in [6.45, 7) is 3.15. The third kappa shape index (κ3) is 3.80. The average molecular weight is 363 g/mol. The van der Waals surface area contributed by atoms with E-state index in [1.54, 1.807) is 0 Å². The van der Waals surface area contributed by atoms with Crippen LogP contribution in [0, 0.1) is 17.3 Å². The van der Waals surface area contributed by atoms with Crippen molar-refractivity contribution in [2.75, 3.05) is 6.54 Å². The largest absolute Gasteiger partial charge is 0.330 e. The zero-order valence-corrected chi connectivity index (χ0v) is 15.1. The highest BCUT2D eigenvalue weighted by molar-refractivity contribution is 9.11. The van der Waals surface area contributed by atoms with Crippen LogP contribution in [0.1, 0.15) is 51.9 Å². The van der Waals surface area contributed by atoms with Crippen molar-refractivity contribution < 1.29 is 0 Å². The maximum Gasteiger partial charge on any atom is 0.0424 e. The minimum absolute atomic E-state index is 0.353. The van der Waals surface area contributed by atoms with E-state index >= 15 is 0 Å². The Hall–Kier alpha value is -0.670. The van der Waals surface area contributed by atoms with Gasteiger partial charge in [0, 0.05) is 21.8 Å². The van der Waals surface area contributed by atoms with Crippen molar-refractivity contribution in [1.29, 1.82) is 0 Å². The second-order valence-corrected chi connectivity index (χ2v) is 8.37. The van der Waals surface area contributed by atoms with E-state index in [1.807, 2.05) is 0 Å². The molecule has 1 atom stereocenters. The smallest absolute Gasteiger partial charge is 0.0424 e. The molecule has 2 aliphatic carbocycles. The molecule has 0 aromatic heterocycles. The first kappa shape index (κ1) is 16.2. The minimum atomic E-state index is 0.353. The van der Waals surface area contributed by atoms with E-state index in [9.17, 15) is 0 Å². The monoisotopic (exact) mass is 362 g/mol. The van der Waals surface area contributed by atoms with Crippen molar-refractivity contribution in [3.63, 3.8) is 0 Å². The van der Waals surface area contributed by atoms with E-state index in [-0.39, 0.29) is 0 Å². The lowest BCUT2D eigenvalue weighted by molar-refractivity contribution is 0.192. The van der Waals surface area contributed by atoms with Crippen LogP contribution in [0.3, 0.4) is 0 Å². The molecule has 3 rings (SSSR count). The van der Waals surface area contributed by atoms with Crippen LogP contribution in [0.2, 0.25) is 0 Å². The summed E-state index contributed by atoms with van der Waals surface area (Å²) in [5.41, 5.74) is 8.87. The van der Waals surface area contributed by atoms with E-state index in [1.165, 1.54) is 43.5 Å². The third-order valence-corrected chi connectivity index (χ3v) is 6.06. The molecule has 1 saturated carbocycles. The Morgan fingerprint density at radius 2 is 2.09 bits per heavy atom. The Labute approximate surface area is 142 Å². The molecule has 2 N–H and O–H groups in total. The number of nitrogens with zero attached hydrogens (tertiary/aromatic N) is 1. The van der Waals surface area contributed by atoms with Gasteiger partial charge in [0.1, 0.15) is 0 Å². The molecule has 1 aliphatic heterocycles. The summed E-state index contributed by atoms with van der Waals surface area (Å²) >= 11 is 3.63. The lowest BCUT2D eigenvalue weighted by Crippen LogP contribution is -2.32. The van der Waals surface area contributed by atoms with Crippen molar-refractivity contribution in [1.82, 2.24) is 0 Å². The van der Waals surface area contributed by atoms with Gasteiger partial charge in [0.25, 0.3) is 0 Å². The highest BCUT2D eigenvalue weighted by atomic mass is 79.9. The first-order chi connectivity index (χ1) is 10.6. The number of fused-ring (bicyclic) bond motifs is 2.